The highest BCUT2D eigenvalue weighted by Crippen LogP contribution is 2.23. The molecule has 2 heterocycles. The molecule has 0 unspecified atom stereocenters. The molecule has 0 amide bonds. The molecule has 6 heteroatoms. The highest BCUT2D eigenvalue weighted by Gasteiger charge is 2.18. The number of ketones is 1. The van der Waals surface area contributed by atoms with Crippen molar-refractivity contribution in [2.24, 2.45) is 0 Å². The Morgan fingerprint density at radius 3 is 2.58 bits per heavy atom. The first-order valence-corrected chi connectivity index (χ1v) is 8.96. The van der Waals surface area contributed by atoms with Gasteiger partial charge in [-0.15, -0.1) is 11.3 Å². The maximum absolute atomic E-state index is 12.4. The van der Waals surface area contributed by atoms with Crippen molar-refractivity contribution in [3.63, 3.8) is 0 Å². The van der Waals surface area contributed by atoms with Crippen molar-refractivity contribution in [1.82, 2.24) is 4.98 Å². The zero-order valence-electron chi connectivity index (χ0n) is 14.2. The van der Waals surface area contributed by atoms with E-state index in [1.807, 2.05) is 31.2 Å². The number of Topliss-reactive ketones (excluding diaryl/α,β-unsaturated/α-hetero) is 1. The maximum Gasteiger partial charge on any atom is 0.344 e. The topological polar surface area (TPSA) is 65.5 Å². The fourth-order valence-electron chi connectivity index (χ4n) is 2.23. The summed E-state index contributed by atoms with van der Waals surface area (Å²) in [6, 6.07) is 15.9. The van der Waals surface area contributed by atoms with Crippen LogP contribution in [0.25, 0.3) is 0 Å². The lowest BCUT2D eigenvalue weighted by Gasteiger charge is -2.09. The van der Waals surface area contributed by atoms with E-state index in [0.29, 0.717) is 10.6 Å². The molecule has 26 heavy (non-hydrogen) atoms. The lowest BCUT2D eigenvalue weighted by molar-refractivity contribution is 0.0472. The molecule has 5 nitrogen and oxygen atoms in total. The van der Waals surface area contributed by atoms with Crippen molar-refractivity contribution in [2.45, 2.75) is 13.3 Å². The van der Waals surface area contributed by atoms with E-state index in [4.69, 9.17) is 9.47 Å². The van der Waals surface area contributed by atoms with Crippen LogP contribution in [0.1, 0.15) is 31.8 Å². The van der Waals surface area contributed by atoms with Crippen molar-refractivity contribution in [1.29, 1.82) is 0 Å². The third-order valence-electron chi connectivity index (χ3n) is 3.57. The molecule has 0 saturated carbocycles. The smallest absolute Gasteiger partial charge is 0.344 e. The second-order valence-electron chi connectivity index (χ2n) is 5.39. The summed E-state index contributed by atoms with van der Waals surface area (Å²) in [7, 11) is 0. The molecule has 0 aliphatic carbocycles. The Balaban J connectivity index is 1.67. The van der Waals surface area contributed by atoms with Gasteiger partial charge in [0.15, 0.2) is 6.61 Å². The van der Waals surface area contributed by atoms with Gasteiger partial charge in [-0.1, -0.05) is 25.1 Å². The van der Waals surface area contributed by atoms with E-state index >= 15 is 0 Å². The van der Waals surface area contributed by atoms with Crippen molar-refractivity contribution in [3.05, 3.63) is 76.1 Å². The predicted octanol–water partition coefficient (Wildman–Crippen LogP) is 4.54. The van der Waals surface area contributed by atoms with Crippen LogP contribution >= 0.6 is 11.3 Å². The third kappa shape index (κ3) is 4.34. The van der Waals surface area contributed by atoms with Gasteiger partial charge in [-0.25, -0.2) is 9.78 Å². The summed E-state index contributed by atoms with van der Waals surface area (Å²) < 4.78 is 10.8. The van der Waals surface area contributed by atoms with Crippen LogP contribution in [0.15, 0.2) is 60.8 Å². The van der Waals surface area contributed by atoms with Gasteiger partial charge in [0.2, 0.25) is 11.7 Å². The highest BCUT2D eigenvalue weighted by molar-refractivity contribution is 7.14. The second-order valence-corrected chi connectivity index (χ2v) is 6.56. The molecule has 3 aromatic rings. The van der Waals surface area contributed by atoms with Crippen LogP contribution in [0.2, 0.25) is 0 Å². The van der Waals surface area contributed by atoms with Gasteiger partial charge in [0, 0.05) is 11.1 Å². The summed E-state index contributed by atoms with van der Waals surface area (Å²) in [5.74, 6) is -0.176. The Labute approximate surface area is 155 Å². The van der Waals surface area contributed by atoms with Gasteiger partial charge in [-0.05, 0) is 42.8 Å². The molecule has 0 spiro atoms. The average Bonchev–Trinajstić information content (AvgIpc) is 3.16. The van der Waals surface area contributed by atoms with Crippen molar-refractivity contribution in [2.75, 3.05) is 6.61 Å². The van der Waals surface area contributed by atoms with Crippen molar-refractivity contribution >= 4 is 23.1 Å². The molecule has 0 bridgehead atoms. The fourth-order valence-corrected chi connectivity index (χ4v) is 3.10. The van der Waals surface area contributed by atoms with E-state index in [9.17, 15) is 9.59 Å². The van der Waals surface area contributed by atoms with Crippen molar-refractivity contribution in [3.8, 4) is 11.6 Å². The summed E-state index contributed by atoms with van der Waals surface area (Å²) in [6.07, 6.45) is 2.39. The molecule has 2 aromatic heterocycles. The minimum absolute atomic E-state index is 0.139. The number of para-hydroxylation sites is 1. The number of nitrogens with zero attached hydrogens (tertiary/aromatic N) is 1. The number of thiophene rings is 1. The molecule has 0 aliphatic rings. The predicted molar refractivity (Wildman–Crippen MR) is 99.1 cm³/mol. The number of esters is 1. The molecule has 0 atom stereocenters. The summed E-state index contributed by atoms with van der Waals surface area (Å²) in [6.45, 7) is 1.71. The lowest BCUT2D eigenvalue weighted by atomic mass is 10.2. The van der Waals surface area contributed by atoms with Gasteiger partial charge in [0.05, 0.1) is 4.88 Å². The van der Waals surface area contributed by atoms with Crippen LogP contribution in [0.4, 0.5) is 0 Å². The van der Waals surface area contributed by atoms with E-state index in [-0.39, 0.29) is 23.8 Å². The number of hydrogen-bond donors (Lipinski definition) is 0. The number of aromatic nitrogens is 1. The molecule has 0 aliphatic heterocycles. The Hall–Kier alpha value is -2.99. The van der Waals surface area contributed by atoms with Gasteiger partial charge in [-0.3, -0.25) is 4.79 Å². The molecule has 1 aromatic carbocycles. The highest BCUT2D eigenvalue weighted by atomic mass is 32.1. The molecule has 0 saturated heterocycles. The van der Waals surface area contributed by atoms with E-state index in [1.165, 1.54) is 17.5 Å². The monoisotopic (exact) mass is 367 g/mol. The van der Waals surface area contributed by atoms with Gasteiger partial charge in [0.1, 0.15) is 11.3 Å². The summed E-state index contributed by atoms with van der Waals surface area (Å²) >= 11 is 1.42. The second kappa shape index (κ2) is 8.40. The SMILES string of the molecule is CCc1ccc(C(=O)COC(=O)c2cccnc2Oc2ccccc2)s1. The number of benzene rings is 1. The summed E-state index contributed by atoms with van der Waals surface area (Å²) in [4.78, 5) is 30.3. The van der Waals surface area contributed by atoms with Crippen LogP contribution < -0.4 is 4.74 Å². The van der Waals surface area contributed by atoms with Crippen LogP contribution in [0.3, 0.4) is 0 Å². The van der Waals surface area contributed by atoms with Crippen molar-refractivity contribution < 1.29 is 19.1 Å². The quantitative estimate of drug-likeness (QED) is 0.453. The normalized spacial score (nSPS) is 10.3. The van der Waals surface area contributed by atoms with Gasteiger partial charge in [-0.2, -0.15) is 0 Å². The molecule has 0 N–H and O–H groups in total. The zero-order chi connectivity index (χ0) is 18.4. The zero-order valence-corrected chi connectivity index (χ0v) is 15.0. The lowest BCUT2D eigenvalue weighted by Crippen LogP contribution is -2.14. The maximum atomic E-state index is 12.4. The third-order valence-corrected chi connectivity index (χ3v) is 4.84. The van der Waals surface area contributed by atoms with Crippen LogP contribution in [-0.4, -0.2) is 23.3 Å². The van der Waals surface area contributed by atoms with Crippen LogP contribution in [0.5, 0.6) is 11.6 Å². The number of ether oxygens (including phenoxy) is 2. The van der Waals surface area contributed by atoms with Crippen LogP contribution in [0, 0.1) is 0 Å². The Kier molecular flexibility index (Phi) is 5.76. The number of hydrogen-bond acceptors (Lipinski definition) is 6. The van der Waals surface area contributed by atoms with Gasteiger partial charge >= 0.3 is 5.97 Å². The minimum Gasteiger partial charge on any atom is -0.454 e. The molecular weight excluding hydrogens is 350 g/mol. The number of carbonyl (C=O) groups is 2. The van der Waals surface area contributed by atoms with E-state index in [2.05, 4.69) is 4.98 Å². The molecule has 3 rings (SSSR count). The summed E-state index contributed by atoms with van der Waals surface area (Å²) in [5, 5.41) is 0. The van der Waals surface area contributed by atoms with E-state index in [0.717, 1.165) is 11.3 Å². The molecule has 0 radical (unpaired) electrons. The number of pyridine rings is 1. The van der Waals surface area contributed by atoms with Crippen LogP contribution in [-0.2, 0) is 11.2 Å². The molecule has 0 fully saturated rings. The number of rotatable bonds is 7. The fraction of sp³-hybridized carbons (Fsp3) is 0.150. The average molecular weight is 367 g/mol. The first-order chi connectivity index (χ1) is 12.7. The first-order valence-electron chi connectivity index (χ1n) is 8.14. The Bertz CT molecular complexity index is 905. The first kappa shape index (κ1) is 17.8. The number of aryl methyl sites for hydroxylation is 1. The largest absolute Gasteiger partial charge is 0.454 e. The van der Waals surface area contributed by atoms with E-state index in [1.54, 1.807) is 30.3 Å². The minimum atomic E-state index is -0.648. The summed E-state index contributed by atoms with van der Waals surface area (Å²) in [5.41, 5.74) is 0.171. The Morgan fingerprint density at radius 1 is 1.04 bits per heavy atom. The Morgan fingerprint density at radius 2 is 1.85 bits per heavy atom. The number of carbonyl (C=O) groups excluding carboxylic acids is 2. The van der Waals surface area contributed by atoms with Gasteiger partial charge in [0.25, 0.3) is 0 Å². The molecule has 132 valence electrons. The standard InChI is InChI=1S/C20H17NO4S/c1-2-15-10-11-18(26-15)17(22)13-24-20(23)16-9-6-12-21-19(16)25-14-7-4-3-5-8-14/h3-12H,2,13H2,1H3. The van der Waals surface area contributed by atoms with Gasteiger partial charge < -0.3 is 9.47 Å². The molecular formula is C20H17NO4S. The van der Waals surface area contributed by atoms with E-state index < -0.39 is 5.97 Å².